The van der Waals surface area contributed by atoms with Crippen molar-refractivity contribution in [1.29, 1.82) is 0 Å². The summed E-state index contributed by atoms with van der Waals surface area (Å²) in [6, 6.07) is 7.72. The first-order valence-electron chi connectivity index (χ1n) is 6.22. The van der Waals surface area contributed by atoms with E-state index in [1.807, 2.05) is 24.3 Å². The Morgan fingerprint density at radius 2 is 2.10 bits per heavy atom. The molecule has 1 aliphatic heterocycles. The number of hydrogen-bond donors (Lipinski definition) is 0. The molecule has 21 heavy (non-hydrogen) atoms. The van der Waals surface area contributed by atoms with Crippen molar-refractivity contribution in [3.05, 3.63) is 40.0 Å². The summed E-state index contributed by atoms with van der Waals surface area (Å²) in [5.41, 5.74) is 2.97. The maximum atomic E-state index is 12.4. The van der Waals surface area contributed by atoms with E-state index in [4.69, 9.17) is 0 Å². The number of ketones is 1. The second-order valence-electron chi connectivity index (χ2n) is 4.57. The SMILES string of the molecule is O=C1CSCc2nc3nnnn3c(-c3ccccc3Br)c21. The lowest BCUT2D eigenvalue weighted by atomic mass is 10.0. The number of carbonyl (C=O) groups excluding carboxylic acids is 1. The summed E-state index contributed by atoms with van der Waals surface area (Å²) < 4.78 is 2.42. The van der Waals surface area contributed by atoms with E-state index in [9.17, 15) is 4.79 Å². The van der Waals surface area contributed by atoms with Crippen LogP contribution in [0.3, 0.4) is 0 Å². The monoisotopic (exact) mass is 361 g/mol. The lowest BCUT2D eigenvalue weighted by Crippen LogP contribution is -2.18. The van der Waals surface area contributed by atoms with Gasteiger partial charge in [-0.2, -0.15) is 4.52 Å². The molecule has 0 atom stereocenters. The maximum Gasteiger partial charge on any atom is 0.274 e. The molecule has 1 aromatic carbocycles. The van der Waals surface area contributed by atoms with Crippen molar-refractivity contribution in [3.63, 3.8) is 0 Å². The van der Waals surface area contributed by atoms with E-state index in [2.05, 4.69) is 36.4 Å². The highest BCUT2D eigenvalue weighted by atomic mass is 79.9. The van der Waals surface area contributed by atoms with Gasteiger partial charge in [-0.1, -0.05) is 39.2 Å². The Hall–Kier alpha value is -1.80. The Morgan fingerprint density at radius 1 is 1.24 bits per heavy atom. The minimum atomic E-state index is 0.0666. The topological polar surface area (TPSA) is 73.0 Å². The zero-order chi connectivity index (χ0) is 14.4. The fourth-order valence-corrected chi connectivity index (χ4v) is 3.73. The van der Waals surface area contributed by atoms with E-state index >= 15 is 0 Å². The Bertz CT molecular complexity index is 878. The van der Waals surface area contributed by atoms with Crippen LogP contribution in [0, 0.1) is 0 Å². The highest BCUT2D eigenvalue weighted by molar-refractivity contribution is 9.10. The van der Waals surface area contributed by atoms with E-state index in [0.29, 0.717) is 28.5 Å². The predicted molar refractivity (Wildman–Crippen MR) is 82.2 cm³/mol. The molecular weight excluding hydrogens is 354 g/mol. The molecule has 0 fully saturated rings. The molecule has 0 radical (unpaired) electrons. The number of carbonyl (C=O) groups is 1. The number of benzene rings is 1. The van der Waals surface area contributed by atoms with E-state index in [-0.39, 0.29) is 5.78 Å². The van der Waals surface area contributed by atoms with Crippen LogP contribution in [0.15, 0.2) is 28.7 Å². The number of fused-ring (bicyclic) bond motifs is 2. The van der Waals surface area contributed by atoms with Crippen LogP contribution in [-0.2, 0) is 5.75 Å². The third-order valence-corrected chi connectivity index (χ3v) is 4.94. The molecule has 0 unspecified atom stereocenters. The fraction of sp³-hybridized carbons (Fsp3) is 0.154. The standard InChI is InChI=1S/C13H8BrN5OS/c14-8-4-2-1-3-7(8)12-11-9(5-21-6-10(11)20)15-13-16-17-18-19(12)13/h1-4H,5-6H2. The number of rotatable bonds is 1. The molecule has 1 aliphatic rings. The number of Topliss-reactive ketones (excluding diaryl/α,β-unsaturated/α-hetero) is 1. The molecule has 2 aromatic heterocycles. The molecule has 0 saturated heterocycles. The first kappa shape index (κ1) is 12.9. The van der Waals surface area contributed by atoms with Crippen LogP contribution in [0.5, 0.6) is 0 Å². The third kappa shape index (κ3) is 1.97. The summed E-state index contributed by atoms with van der Waals surface area (Å²) in [4.78, 5) is 16.8. The van der Waals surface area contributed by atoms with Crippen molar-refractivity contribution in [2.75, 3.05) is 5.75 Å². The number of aromatic nitrogens is 5. The summed E-state index contributed by atoms with van der Waals surface area (Å²) in [6.07, 6.45) is 0. The van der Waals surface area contributed by atoms with E-state index < -0.39 is 0 Å². The lowest BCUT2D eigenvalue weighted by molar-refractivity contribution is 0.102. The fourth-order valence-electron chi connectivity index (χ4n) is 2.43. The van der Waals surface area contributed by atoms with Crippen LogP contribution in [-0.4, -0.2) is 36.6 Å². The van der Waals surface area contributed by atoms with Crippen molar-refractivity contribution in [1.82, 2.24) is 25.0 Å². The van der Waals surface area contributed by atoms with Gasteiger partial charge >= 0.3 is 0 Å². The third-order valence-electron chi connectivity index (χ3n) is 3.30. The van der Waals surface area contributed by atoms with E-state index in [1.165, 1.54) is 4.52 Å². The quantitative estimate of drug-likeness (QED) is 0.662. The Labute approximate surface area is 132 Å². The second-order valence-corrected chi connectivity index (χ2v) is 6.41. The van der Waals surface area contributed by atoms with Gasteiger partial charge < -0.3 is 0 Å². The summed E-state index contributed by atoms with van der Waals surface area (Å²) in [5.74, 6) is 1.63. The largest absolute Gasteiger partial charge is 0.293 e. The predicted octanol–water partition coefficient (Wildman–Crippen LogP) is 2.38. The minimum absolute atomic E-state index is 0.0666. The zero-order valence-corrected chi connectivity index (χ0v) is 13.1. The average Bonchev–Trinajstić information content (AvgIpc) is 2.94. The minimum Gasteiger partial charge on any atom is -0.293 e. The lowest BCUT2D eigenvalue weighted by Gasteiger charge is -2.18. The van der Waals surface area contributed by atoms with Gasteiger partial charge in [0.15, 0.2) is 5.78 Å². The summed E-state index contributed by atoms with van der Waals surface area (Å²) in [7, 11) is 0. The first-order valence-corrected chi connectivity index (χ1v) is 8.17. The van der Waals surface area contributed by atoms with Gasteiger partial charge in [-0.15, -0.1) is 11.8 Å². The highest BCUT2D eigenvalue weighted by Gasteiger charge is 2.27. The number of thioether (sulfide) groups is 1. The van der Waals surface area contributed by atoms with Crippen LogP contribution in [0.2, 0.25) is 0 Å². The van der Waals surface area contributed by atoms with Crippen molar-refractivity contribution in [2.24, 2.45) is 0 Å². The second kappa shape index (κ2) is 4.88. The molecular formula is C13H8BrN5OS. The van der Waals surface area contributed by atoms with Gasteiger partial charge in [0.05, 0.1) is 22.7 Å². The molecule has 0 saturated carbocycles. The molecule has 6 nitrogen and oxygen atoms in total. The smallest absolute Gasteiger partial charge is 0.274 e. The van der Waals surface area contributed by atoms with Crippen LogP contribution < -0.4 is 0 Å². The molecule has 4 rings (SSSR count). The molecule has 8 heteroatoms. The van der Waals surface area contributed by atoms with Gasteiger partial charge in [0.25, 0.3) is 5.78 Å². The molecule has 0 bridgehead atoms. The van der Waals surface area contributed by atoms with Crippen molar-refractivity contribution >= 4 is 39.3 Å². The number of hydrogen-bond acceptors (Lipinski definition) is 6. The highest BCUT2D eigenvalue weighted by Crippen LogP contribution is 2.35. The van der Waals surface area contributed by atoms with Crippen molar-refractivity contribution in [2.45, 2.75) is 5.75 Å². The molecule has 0 aliphatic carbocycles. The van der Waals surface area contributed by atoms with Crippen molar-refractivity contribution < 1.29 is 4.79 Å². The molecule has 0 spiro atoms. The molecule has 104 valence electrons. The Balaban J connectivity index is 2.16. The summed E-state index contributed by atoms with van der Waals surface area (Å²) in [5, 5.41) is 11.6. The van der Waals surface area contributed by atoms with Gasteiger partial charge in [-0.3, -0.25) is 4.79 Å². The summed E-state index contributed by atoms with van der Waals surface area (Å²) in [6.45, 7) is 0. The normalized spacial score (nSPS) is 14.4. The maximum absolute atomic E-state index is 12.4. The van der Waals surface area contributed by atoms with Gasteiger partial charge in [-0.25, -0.2) is 4.98 Å². The van der Waals surface area contributed by atoms with E-state index in [0.717, 1.165) is 15.7 Å². The van der Waals surface area contributed by atoms with Crippen LogP contribution in [0.1, 0.15) is 16.1 Å². The van der Waals surface area contributed by atoms with Crippen molar-refractivity contribution in [3.8, 4) is 11.3 Å². The van der Waals surface area contributed by atoms with Gasteiger partial charge in [0.2, 0.25) is 0 Å². The van der Waals surface area contributed by atoms with Crippen LogP contribution in [0.25, 0.3) is 17.0 Å². The molecule has 3 aromatic rings. The zero-order valence-electron chi connectivity index (χ0n) is 10.7. The molecule has 0 amide bonds. The Kier molecular flexibility index (Phi) is 3.00. The van der Waals surface area contributed by atoms with Crippen LogP contribution >= 0.6 is 27.7 Å². The van der Waals surface area contributed by atoms with E-state index in [1.54, 1.807) is 11.8 Å². The molecule has 3 heterocycles. The van der Waals surface area contributed by atoms with Gasteiger partial charge in [0.1, 0.15) is 0 Å². The first-order chi connectivity index (χ1) is 10.3. The van der Waals surface area contributed by atoms with Crippen LogP contribution in [0.4, 0.5) is 0 Å². The average molecular weight is 362 g/mol. The Morgan fingerprint density at radius 3 is 2.95 bits per heavy atom. The number of nitrogens with zero attached hydrogens (tertiary/aromatic N) is 5. The van der Waals surface area contributed by atoms with Gasteiger partial charge in [-0.05, 0) is 16.5 Å². The molecule has 0 N–H and O–H groups in total. The number of tetrazole rings is 1. The number of halogens is 1. The van der Waals surface area contributed by atoms with Gasteiger partial charge in [0, 0.05) is 15.8 Å². The summed E-state index contributed by atoms with van der Waals surface area (Å²) >= 11 is 5.10.